The van der Waals surface area contributed by atoms with Crippen LogP contribution in [-0.4, -0.2) is 56.2 Å². The molecule has 9 heteroatoms. The molecular formula is C21H23FN6O2. The lowest BCUT2D eigenvalue weighted by atomic mass is 9.96. The van der Waals surface area contributed by atoms with E-state index >= 15 is 0 Å². The molecule has 1 aromatic carbocycles. The number of rotatable bonds is 3. The average molecular weight is 410 g/mol. The van der Waals surface area contributed by atoms with Gasteiger partial charge in [0.2, 0.25) is 0 Å². The van der Waals surface area contributed by atoms with E-state index in [1.165, 1.54) is 10.6 Å². The largest absolute Gasteiger partial charge is 0.507 e. The summed E-state index contributed by atoms with van der Waals surface area (Å²) in [6, 6.07) is 4.87. The van der Waals surface area contributed by atoms with Gasteiger partial charge >= 0.3 is 0 Å². The number of nitrogens with one attached hydrogen (secondary N) is 1. The first-order chi connectivity index (χ1) is 14.4. The topological polar surface area (TPSA) is 96.2 Å². The predicted octanol–water partition coefficient (Wildman–Crippen LogP) is 1.76. The predicted molar refractivity (Wildman–Crippen MR) is 111 cm³/mol. The lowest BCUT2D eigenvalue weighted by molar-refractivity contribution is 0.176. The fourth-order valence-corrected chi connectivity index (χ4v) is 4.63. The second kappa shape index (κ2) is 7.02. The van der Waals surface area contributed by atoms with Gasteiger partial charge in [0.25, 0.3) is 5.56 Å². The Kier molecular flexibility index (Phi) is 4.43. The van der Waals surface area contributed by atoms with Gasteiger partial charge in [-0.05, 0) is 42.8 Å². The minimum Gasteiger partial charge on any atom is -0.507 e. The fraction of sp³-hybridized carbons (Fsp3) is 0.429. The minimum absolute atomic E-state index is 0.0903. The number of piperidine rings is 1. The molecule has 2 unspecified atom stereocenters. The highest BCUT2D eigenvalue weighted by Gasteiger charge is 2.43. The summed E-state index contributed by atoms with van der Waals surface area (Å²) < 4.78 is 16.3. The molecule has 156 valence electrons. The summed E-state index contributed by atoms with van der Waals surface area (Å²) in [6.45, 7) is 0. The van der Waals surface area contributed by atoms with Gasteiger partial charge in [-0.2, -0.15) is 0 Å². The number of aromatic nitrogens is 4. The van der Waals surface area contributed by atoms with Crippen molar-refractivity contribution in [3.05, 3.63) is 40.9 Å². The van der Waals surface area contributed by atoms with E-state index in [2.05, 4.69) is 20.5 Å². The molecule has 2 saturated heterocycles. The summed E-state index contributed by atoms with van der Waals surface area (Å²) in [6.07, 6.45) is 4.83. The van der Waals surface area contributed by atoms with Crippen LogP contribution in [-0.2, 0) is 7.05 Å². The number of fused-ring (bicyclic) bond motifs is 3. The maximum atomic E-state index is 14.8. The number of aromatic hydroxyl groups is 1. The zero-order chi connectivity index (χ0) is 21.0. The van der Waals surface area contributed by atoms with Crippen LogP contribution in [0.3, 0.4) is 0 Å². The van der Waals surface area contributed by atoms with Gasteiger partial charge in [0.1, 0.15) is 11.9 Å². The lowest BCUT2D eigenvalue weighted by Crippen LogP contribution is -2.55. The summed E-state index contributed by atoms with van der Waals surface area (Å²) >= 11 is 0. The number of hydrogen-bond donors (Lipinski definition) is 2. The summed E-state index contributed by atoms with van der Waals surface area (Å²) in [7, 11) is 3.47. The van der Waals surface area contributed by atoms with E-state index in [1.807, 2.05) is 11.9 Å². The van der Waals surface area contributed by atoms with Crippen LogP contribution in [0.15, 0.2) is 35.4 Å². The second-order valence-electron chi connectivity index (χ2n) is 8.23. The number of halogens is 1. The normalized spacial score (nSPS) is 25.6. The number of nitrogens with zero attached hydrogens (tertiary/aromatic N) is 5. The average Bonchev–Trinajstić information content (AvgIpc) is 3.17. The van der Waals surface area contributed by atoms with E-state index in [-0.39, 0.29) is 29.2 Å². The van der Waals surface area contributed by atoms with Crippen LogP contribution >= 0.6 is 0 Å². The molecule has 2 aliphatic rings. The van der Waals surface area contributed by atoms with Crippen molar-refractivity contribution in [3.63, 3.8) is 0 Å². The van der Waals surface area contributed by atoms with Crippen LogP contribution in [0.1, 0.15) is 19.3 Å². The van der Waals surface area contributed by atoms with Gasteiger partial charge in [-0.3, -0.25) is 4.79 Å². The van der Waals surface area contributed by atoms with Crippen molar-refractivity contribution in [3.8, 4) is 17.1 Å². The van der Waals surface area contributed by atoms with E-state index in [1.54, 1.807) is 31.6 Å². The summed E-state index contributed by atoms with van der Waals surface area (Å²) in [5, 5.41) is 23.3. The van der Waals surface area contributed by atoms with Gasteiger partial charge in [-0.25, -0.2) is 9.37 Å². The third kappa shape index (κ3) is 3.00. The van der Waals surface area contributed by atoms with Crippen molar-refractivity contribution in [2.75, 3.05) is 11.9 Å². The first-order valence-electron chi connectivity index (χ1n) is 10.1. The minimum atomic E-state index is -0.970. The number of hydrogen-bond acceptors (Lipinski definition) is 7. The third-order valence-electron chi connectivity index (χ3n) is 6.40. The number of phenols is 1. The molecule has 30 heavy (non-hydrogen) atoms. The Morgan fingerprint density at radius 1 is 1.30 bits per heavy atom. The van der Waals surface area contributed by atoms with Crippen LogP contribution in [0.25, 0.3) is 22.2 Å². The van der Waals surface area contributed by atoms with Crippen LogP contribution in [0.5, 0.6) is 5.75 Å². The first-order valence-corrected chi connectivity index (χ1v) is 10.1. The molecule has 8 nitrogen and oxygen atoms in total. The molecule has 0 saturated carbocycles. The Balaban J connectivity index is 1.44. The van der Waals surface area contributed by atoms with Crippen molar-refractivity contribution < 1.29 is 9.50 Å². The Hall–Kier alpha value is -3.07. The lowest BCUT2D eigenvalue weighted by Gasteiger charge is -2.38. The molecular weight excluding hydrogens is 387 g/mol. The van der Waals surface area contributed by atoms with Crippen LogP contribution in [0, 0.1) is 0 Å². The van der Waals surface area contributed by atoms with E-state index in [0.29, 0.717) is 28.2 Å². The Labute approximate surface area is 172 Å². The molecule has 2 aromatic heterocycles. The number of pyridine rings is 1. The molecule has 0 amide bonds. The highest BCUT2D eigenvalue weighted by molar-refractivity contribution is 5.88. The number of benzene rings is 1. The molecule has 0 aliphatic carbocycles. The molecule has 0 radical (unpaired) electrons. The quantitative estimate of drug-likeness (QED) is 0.679. The van der Waals surface area contributed by atoms with Gasteiger partial charge in [-0.15, -0.1) is 10.2 Å². The zero-order valence-electron chi connectivity index (χ0n) is 16.8. The highest BCUT2D eigenvalue weighted by atomic mass is 19.1. The monoisotopic (exact) mass is 410 g/mol. The number of anilines is 1. The molecule has 5 rings (SSSR count). The second-order valence-corrected chi connectivity index (χ2v) is 8.23. The highest BCUT2D eigenvalue weighted by Crippen LogP contribution is 2.34. The van der Waals surface area contributed by atoms with Crippen LogP contribution < -0.4 is 15.8 Å². The first kappa shape index (κ1) is 18.9. The zero-order valence-corrected chi connectivity index (χ0v) is 16.8. The molecule has 0 spiro atoms. The maximum Gasteiger partial charge on any atom is 0.258 e. The van der Waals surface area contributed by atoms with E-state index in [9.17, 15) is 14.3 Å². The molecule has 4 heterocycles. The van der Waals surface area contributed by atoms with Crippen molar-refractivity contribution in [1.29, 1.82) is 0 Å². The summed E-state index contributed by atoms with van der Waals surface area (Å²) in [5.74, 6) is 0.642. The number of alkyl halides is 1. The molecule has 2 aliphatic heterocycles. The molecule has 2 bridgehead atoms. The smallest absolute Gasteiger partial charge is 0.258 e. The number of aryl methyl sites for hydroxylation is 1. The Bertz CT molecular complexity index is 1160. The van der Waals surface area contributed by atoms with Gasteiger partial charge in [0.15, 0.2) is 11.6 Å². The van der Waals surface area contributed by atoms with Gasteiger partial charge in [0, 0.05) is 32.4 Å². The SMILES string of the molecule is CN(c1cnc(-c2cc3ccn(C)c(=O)c3cc2O)nn1)[C@@H]1CC2CCC(N2)[C@@H]1F. The van der Waals surface area contributed by atoms with Crippen molar-refractivity contribution in [1.82, 2.24) is 25.1 Å². The van der Waals surface area contributed by atoms with Crippen molar-refractivity contribution in [2.24, 2.45) is 7.05 Å². The third-order valence-corrected chi connectivity index (χ3v) is 6.40. The van der Waals surface area contributed by atoms with Crippen molar-refractivity contribution in [2.45, 2.75) is 43.6 Å². The Morgan fingerprint density at radius 2 is 2.13 bits per heavy atom. The summed E-state index contributed by atoms with van der Waals surface area (Å²) in [4.78, 5) is 18.4. The fourth-order valence-electron chi connectivity index (χ4n) is 4.63. The van der Waals surface area contributed by atoms with E-state index in [4.69, 9.17) is 0 Å². The molecule has 3 aromatic rings. The standard InChI is InChI=1S/C21H23FN6O2/c1-27-6-5-11-7-14(17(29)9-13(11)21(27)30)20-23-10-18(25-26-20)28(2)16-8-12-3-4-15(24-12)19(16)22/h5-7,9-10,12,15-16,19,24,29H,3-4,8H2,1-2H3/t12?,15?,16-,19+/m1/s1. The van der Waals surface area contributed by atoms with Gasteiger partial charge < -0.3 is 19.9 Å². The van der Waals surface area contributed by atoms with Crippen LogP contribution in [0.4, 0.5) is 10.2 Å². The van der Waals surface area contributed by atoms with Crippen molar-refractivity contribution >= 4 is 16.6 Å². The van der Waals surface area contributed by atoms with Crippen LogP contribution in [0.2, 0.25) is 0 Å². The van der Waals surface area contributed by atoms with Gasteiger partial charge in [0.05, 0.1) is 23.2 Å². The molecule has 4 atom stereocenters. The molecule has 2 fully saturated rings. The van der Waals surface area contributed by atoms with Gasteiger partial charge in [-0.1, -0.05) is 0 Å². The molecule has 2 N–H and O–H groups in total. The summed E-state index contributed by atoms with van der Waals surface area (Å²) in [5.41, 5.74) is 0.197. The van der Waals surface area contributed by atoms with E-state index in [0.717, 1.165) is 19.3 Å². The Morgan fingerprint density at radius 3 is 2.90 bits per heavy atom. The number of phenolic OH excluding ortho intramolecular Hbond substituents is 1. The van der Waals surface area contributed by atoms with E-state index < -0.39 is 6.17 Å². The maximum absolute atomic E-state index is 14.8.